The summed E-state index contributed by atoms with van der Waals surface area (Å²) in [6.45, 7) is 2.27. The minimum atomic E-state index is -0.956. The fourth-order valence-corrected chi connectivity index (χ4v) is 5.12. The molecule has 0 heterocycles. The monoisotopic (exact) mass is 493 g/mol. The lowest BCUT2D eigenvalue weighted by Crippen LogP contribution is -2.25. The van der Waals surface area contributed by atoms with Gasteiger partial charge in [-0.15, -0.1) is 0 Å². The van der Waals surface area contributed by atoms with E-state index in [1.807, 2.05) is 11.8 Å². The van der Waals surface area contributed by atoms with E-state index < -0.39 is 11.9 Å². The summed E-state index contributed by atoms with van der Waals surface area (Å²) in [5.74, 6) is 0.208. The molecule has 0 aliphatic heterocycles. The number of carbonyl (C=O) groups is 2. The minimum Gasteiger partial charge on any atom is -0.508 e. The lowest BCUT2D eigenvalue weighted by molar-refractivity contribution is -0.140. The average Bonchev–Trinajstić information content (AvgIpc) is 2.81. The van der Waals surface area contributed by atoms with Crippen LogP contribution in [0.5, 0.6) is 5.75 Å². The second-order valence-corrected chi connectivity index (χ2v) is 10.6. The van der Waals surface area contributed by atoms with E-state index in [0.29, 0.717) is 12.1 Å². The number of rotatable bonds is 22. The molecule has 0 spiro atoms. The number of benzene rings is 1. The van der Waals surface area contributed by atoms with E-state index in [1.54, 1.807) is 12.1 Å². The Hall–Kier alpha value is -1.69. The smallest absolute Gasteiger partial charge is 0.304 e. The van der Waals surface area contributed by atoms with Crippen LogP contribution in [0.3, 0.4) is 0 Å². The summed E-state index contributed by atoms with van der Waals surface area (Å²) in [6, 6.07) is 6.20. The van der Waals surface area contributed by atoms with Gasteiger partial charge in [-0.05, 0) is 48.6 Å². The molecule has 0 saturated carbocycles. The molecule has 1 aromatic carbocycles. The first-order chi connectivity index (χ1) is 16.5. The van der Waals surface area contributed by atoms with Gasteiger partial charge in [-0.3, -0.25) is 9.59 Å². The van der Waals surface area contributed by atoms with Gasteiger partial charge in [0.15, 0.2) is 0 Å². The number of hydrogen-bond donors (Lipinski definition) is 3. The third kappa shape index (κ3) is 16.9. The van der Waals surface area contributed by atoms with Gasteiger partial charge >= 0.3 is 5.97 Å². The lowest BCUT2D eigenvalue weighted by Gasteiger charge is -2.15. The predicted molar refractivity (Wildman–Crippen MR) is 145 cm³/mol. The van der Waals surface area contributed by atoms with E-state index in [1.165, 1.54) is 102 Å². The van der Waals surface area contributed by atoms with E-state index in [-0.39, 0.29) is 18.1 Å². The van der Waals surface area contributed by atoms with Gasteiger partial charge in [0.2, 0.25) is 5.91 Å². The summed E-state index contributed by atoms with van der Waals surface area (Å²) < 4.78 is 0. The van der Waals surface area contributed by atoms with E-state index in [4.69, 9.17) is 5.11 Å². The van der Waals surface area contributed by atoms with Crippen LogP contribution in [-0.2, 0) is 9.59 Å². The molecule has 5 nitrogen and oxygen atoms in total. The Labute approximate surface area is 211 Å². The highest BCUT2D eigenvalue weighted by molar-refractivity contribution is 7.99. The van der Waals surface area contributed by atoms with Crippen LogP contribution in [0.15, 0.2) is 24.3 Å². The Kier molecular flexibility index (Phi) is 18.4. The molecule has 3 N–H and O–H groups in total. The maximum absolute atomic E-state index is 12.5. The summed E-state index contributed by atoms with van der Waals surface area (Å²) in [6.07, 6.45) is 19.4. The third-order valence-corrected chi connectivity index (χ3v) is 7.28. The molecule has 0 saturated heterocycles. The molecule has 0 fully saturated rings. The molecule has 0 radical (unpaired) electrons. The van der Waals surface area contributed by atoms with Crippen LogP contribution < -0.4 is 5.32 Å². The van der Waals surface area contributed by atoms with Gasteiger partial charge in [-0.25, -0.2) is 0 Å². The van der Waals surface area contributed by atoms with Gasteiger partial charge in [0.1, 0.15) is 5.75 Å². The number of thioether (sulfide) groups is 1. The predicted octanol–water partition coefficient (Wildman–Crippen LogP) is 8.03. The van der Waals surface area contributed by atoms with Crippen LogP contribution in [0.4, 0.5) is 5.69 Å². The van der Waals surface area contributed by atoms with Crippen LogP contribution in [0.2, 0.25) is 0 Å². The molecule has 1 aromatic rings. The molecular weight excluding hydrogens is 446 g/mol. The zero-order valence-electron chi connectivity index (χ0n) is 21.2. The van der Waals surface area contributed by atoms with Crippen LogP contribution in [-0.4, -0.2) is 33.6 Å². The summed E-state index contributed by atoms with van der Waals surface area (Å²) in [7, 11) is 0. The first-order valence-corrected chi connectivity index (χ1v) is 14.6. The zero-order valence-corrected chi connectivity index (χ0v) is 22.1. The van der Waals surface area contributed by atoms with Crippen LogP contribution in [0.1, 0.15) is 110 Å². The van der Waals surface area contributed by atoms with E-state index in [9.17, 15) is 14.7 Å². The van der Waals surface area contributed by atoms with Crippen molar-refractivity contribution >= 4 is 29.3 Å². The number of amides is 1. The number of unbranched alkanes of at least 4 members (excludes halogenated alkanes) is 13. The average molecular weight is 494 g/mol. The van der Waals surface area contributed by atoms with E-state index in [0.717, 1.165) is 11.5 Å². The number of carbonyl (C=O) groups excluding carboxylic acids is 1. The lowest BCUT2D eigenvalue weighted by atomic mass is 10.0. The Morgan fingerprint density at radius 2 is 1.29 bits per heavy atom. The van der Waals surface area contributed by atoms with Crippen LogP contribution in [0.25, 0.3) is 0 Å². The van der Waals surface area contributed by atoms with Crippen molar-refractivity contribution in [2.75, 3.05) is 16.8 Å². The van der Waals surface area contributed by atoms with Gasteiger partial charge in [-0.2, -0.15) is 11.8 Å². The van der Waals surface area contributed by atoms with Crippen LogP contribution in [0, 0.1) is 5.92 Å². The normalized spacial score (nSPS) is 11.9. The molecule has 1 atom stereocenters. The standard InChI is InChI=1S/C28H47NO4S/c1-2-3-4-5-6-7-8-9-10-11-12-13-14-15-21-34-22-20-24(23-27(31)32)28(33)29-25-16-18-26(30)19-17-25/h16-19,24,30H,2-15,20-23H2,1H3,(H,29,33)(H,31,32). The van der Waals surface area contributed by atoms with Crippen molar-refractivity contribution in [3.63, 3.8) is 0 Å². The van der Waals surface area contributed by atoms with Crippen molar-refractivity contribution < 1.29 is 19.8 Å². The Balaban J connectivity index is 2.01. The Morgan fingerprint density at radius 1 is 0.794 bits per heavy atom. The molecule has 194 valence electrons. The fraction of sp³-hybridized carbons (Fsp3) is 0.714. The van der Waals surface area contributed by atoms with Crippen molar-refractivity contribution in [1.82, 2.24) is 0 Å². The summed E-state index contributed by atoms with van der Waals surface area (Å²) >= 11 is 1.81. The number of carboxylic acid groups (broad SMARTS) is 1. The largest absolute Gasteiger partial charge is 0.508 e. The number of carboxylic acids is 1. The van der Waals surface area contributed by atoms with Crippen molar-refractivity contribution in [2.24, 2.45) is 5.92 Å². The number of aromatic hydroxyl groups is 1. The highest BCUT2D eigenvalue weighted by Gasteiger charge is 2.21. The van der Waals surface area contributed by atoms with Crippen molar-refractivity contribution in [3.05, 3.63) is 24.3 Å². The second-order valence-electron chi connectivity index (χ2n) is 9.33. The number of anilines is 1. The van der Waals surface area contributed by atoms with Crippen molar-refractivity contribution in [2.45, 2.75) is 110 Å². The van der Waals surface area contributed by atoms with Gasteiger partial charge in [0.05, 0.1) is 6.42 Å². The molecule has 0 aliphatic rings. The number of nitrogens with one attached hydrogen (secondary N) is 1. The molecule has 0 bridgehead atoms. The summed E-state index contributed by atoms with van der Waals surface area (Å²) in [4.78, 5) is 23.7. The van der Waals surface area contributed by atoms with Crippen molar-refractivity contribution in [1.29, 1.82) is 0 Å². The molecule has 34 heavy (non-hydrogen) atoms. The SMILES string of the molecule is CCCCCCCCCCCCCCCCSCCC(CC(=O)O)C(=O)Nc1ccc(O)cc1. The topological polar surface area (TPSA) is 86.6 Å². The summed E-state index contributed by atoms with van der Waals surface area (Å²) in [5.41, 5.74) is 0.563. The zero-order chi connectivity index (χ0) is 24.9. The molecule has 1 rings (SSSR count). The molecular formula is C28H47NO4S. The highest BCUT2D eigenvalue weighted by Crippen LogP contribution is 2.20. The molecule has 1 amide bonds. The number of phenols is 1. The molecule has 6 heteroatoms. The third-order valence-electron chi connectivity index (χ3n) is 6.18. The minimum absolute atomic E-state index is 0.125. The summed E-state index contributed by atoms with van der Waals surface area (Å²) in [5, 5.41) is 21.3. The first-order valence-electron chi connectivity index (χ1n) is 13.4. The van der Waals surface area contributed by atoms with Gasteiger partial charge in [-0.1, -0.05) is 90.4 Å². The first kappa shape index (κ1) is 30.3. The highest BCUT2D eigenvalue weighted by atomic mass is 32.2. The molecule has 0 aliphatic carbocycles. The maximum Gasteiger partial charge on any atom is 0.304 e. The Morgan fingerprint density at radius 3 is 1.79 bits per heavy atom. The van der Waals surface area contributed by atoms with Crippen LogP contribution >= 0.6 is 11.8 Å². The number of hydrogen-bond acceptors (Lipinski definition) is 4. The maximum atomic E-state index is 12.5. The fourth-order valence-electron chi connectivity index (χ4n) is 4.05. The van der Waals surface area contributed by atoms with Crippen molar-refractivity contribution in [3.8, 4) is 5.75 Å². The van der Waals surface area contributed by atoms with Gasteiger partial charge in [0.25, 0.3) is 0 Å². The quantitative estimate of drug-likeness (QED) is 0.112. The molecule has 1 unspecified atom stereocenters. The van der Waals surface area contributed by atoms with E-state index >= 15 is 0 Å². The number of phenolic OH excluding ortho intramolecular Hbond substituents is 1. The molecule has 0 aromatic heterocycles. The van der Waals surface area contributed by atoms with Gasteiger partial charge < -0.3 is 15.5 Å². The van der Waals surface area contributed by atoms with E-state index in [2.05, 4.69) is 12.2 Å². The van der Waals surface area contributed by atoms with Gasteiger partial charge in [0, 0.05) is 11.6 Å². The second kappa shape index (κ2) is 20.7. The number of aliphatic carboxylic acids is 1. The Bertz CT molecular complexity index is 650.